The minimum atomic E-state index is -0.541. The first kappa shape index (κ1) is 18.1. The number of pyridine rings is 1. The normalized spacial score (nSPS) is 15.2. The molecule has 0 spiro atoms. The monoisotopic (exact) mass is 391 g/mol. The molecule has 4 rings (SSSR count). The van der Waals surface area contributed by atoms with Crippen LogP contribution in [0, 0.1) is 0 Å². The topological polar surface area (TPSA) is 80.3 Å². The lowest BCUT2D eigenvalue weighted by Crippen LogP contribution is -2.34. The van der Waals surface area contributed by atoms with E-state index in [0.29, 0.717) is 27.7 Å². The molecule has 0 fully saturated rings. The SMILES string of the molecule is C[C@H]1Oc2ccc(NC(=O)c3cccnc3Sc3ccccc3)cc2NC1=O. The number of fused-ring (bicyclic) bond motifs is 1. The zero-order valence-corrected chi connectivity index (χ0v) is 15.8. The lowest BCUT2D eigenvalue weighted by molar-refractivity contribution is -0.122. The molecule has 0 saturated carbocycles. The van der Waals surface area contributed by atoms with E-state index in [1.807, 2.05) is 30.3 Å². The van der Waals surface area contributed by atoms with Gasteiger partial charge in [0, 0.05) is 16.8 Å². The van der Waals surface area contributed by atoms with Gasteiger partial charge in [0.05, 0.1) is 11.3 Å². The maximum atomic E-state index is 12.8. The van der Waals surface area contributed by atoms with Crippen molar-refractivity contribution in [2.75, 3.05) is 10.6 Å². The van der Waals surface area contributed by atoms with Crippen molar-refractivity contribution in [3.63, 3.8) is 0 Å². The quantitative estimate of drug-likeness (QED) is 0.697. The molecule has 0 unspecified atom stereocenters. The Kier molecular flexibility index (Phi) is 4.99. The van der Waals surface area contributed by atoms with Gasteiger partial charge in [0.25, 0.3) is 11.8 Å². The van der Waals surface area contributed by atoms with Crippen LogP contribution in [0.15, 0.2) is 76.8 Å². The van der Waals surface area contributed by atoms with E-state index in [-0.39, 0.29) is 11.8 Å². The van der Waals surface area contributed by atoms with Gasteiger partial charge < -0.3 is 15.4 Å². The average Bonchev–Trinajstić information content (AvgIpc) is 2.70. The minimum absolute atomic E-state index is 0.218. The first-order chi connectivity index (χ1) is 13.6. The maximum absolute atomic E-state index is 12.8. The molecule has 2 heterocycles. The number of nitrogens with one attached hydrogen (secondary N) is 2. The van der Waals surface area contributed by atoms with E-state index in [4.69, 9.17) is 4.74 Å². The average molecular weight is 391 g/mol. The summed E-state index contributed by atoms with van der Waals surface area (Å²) >= 11 is 1.43. The van der Waals surface area contributed by atoms with Gasteiger partial charge in [0.2, 0.25) is 0 Å². The van der Waals surface area contributed by atoms with Crippen molar-refractivity contribution in [1.82, 2.24) is 4.98 Å². The van der Waals surface area contributed by atoms with Gasteiger partial charge in [-0.3, -0.25) is 9.59 Å². The van der Waals surface area contributed by atoms with Crippen LogP contribution >= 0.6 is 11.8 Å². The van der Waals surface area contributed by atoms with Crippen molar-refractivity contribution >= 4 is 35.0 Å². The zero-order chi connectivity index (χ0) is 19.5. The Morgan fingerprint density at radius 1 is 1.14 bits per heavy atom. The van der Waals surface area contributed by atoms with Gasteiger partial charge in [-0.15, -0.1) is 0 Å². The smallest absolute Gasteiger partial charge is 0.265 e. The fourth-order valence-corrected chi connectivity index (χ4v) is 3.63. The number of benzene rings is 2. The molecule has 1 aliphatic heterocycles. The molecule has 1 aromatic heterocycles. The summed E-state index contributed by atoms with van der Waals surface area (Å²) in [5.74, 6) is 0.0829. The Labute approximate surface area is 166 Å². The molecule has 6 nitrogen and oxygen atoms in total. The lowest BCUT2D eigenvalue weighted by Gasteiger charge is -2.23. The molecule has 1 atom stereocenters. The second kappa shape index (κ2) is 7.74. The van der Waals surface area contributed by atoms with Crippen LogP contribution in [0.25, 0.3) is 0 Å². The number of amides is 2. The zero-order valence-electron chi connectivity index (χ0n) is 15.0. The van der Waals surface area contributed by atoms with Crippen molar-refractivity contribution in [2.24, 2.45) is 0 Å². The number of carbonyl (C=O) groups excluding carboxylic acids is 2. The van der Waals surface area contributed by atoms with Crippen LogP contribution in [0.3, 0.4) is 0 Å². The molecule has 2 amide bonds. The van der Waals surface area contributed by atoms with E-state index in [1.54, 1.807) is 43.5 Å². The highest BCUT2D eigenvalue weighted by molar-refractivity contribution is 7.99. The summed E-state index contributed by atoms with van der Waals surface area (Å²) in [5, 5.41) is 6.26. The van der Waals surface area contributed by atoms with Gasteiger partial charge >= 0.3 is 0 Å². The lowest BCUT2D eigenvalue weighted by atomic mass is 10.2. The fraction of sp³-hybridized carbons (Fsp3) is 0.0952. The molecule has 140 valence electrons. The van der Waals surface area contributed by atoms with Crippen molar-refractivity contribution in [1.29, 1.82) is 0 Å². The van der Waals surface area contributed by atoms with Crippen LogP contribution in [0.1, 0.15) is 17.3 Å². The molecule has 2 aromatic carbocycles. The predicted molar refractivity (Wildman–Crippen MR) is 108 cm³/mol. The van der Waals surface area contributed by atoms with E-state index in [2.05, 4.69) is 15.6 Å². The molecular formula is C21H17N3O3S. The molecule has 0 aliphatic carbocycles. The van der Waals surface area contributed by atoms with E-state index >= 15 is 0 Å². The number of nitrogens with zero attached hydrogens (tertiary/aromatic N) is 1. The number of aromatic nitrogens is 1. The maximum Gasteiger partial charge on any atom is 0.265 e. The van der Waals surface area contributed by atoms with Gasteiger partial charge in [0.15, 0.2) is 6.10 Å². The van der Waals surface area contributed by atoms with Crippen LogP contribution in [-0.4, -0.2) is 22.9 Å². The van der Waals surface area contributed by atoms with Crippen molar-refractivity contribution in [3.05, 3.63) is 72.4 Å². The number of carbonyl (C=O) groups is 2. The molecule has 2 N–H and O–H groups in total. The van der Waals surface area contributed by atoms with E-state index in [0.717, 1.165) is 4.90 Å². The van der Waals surface area contributed by atoms with Gasteiger partial charge in [0.1, 0.15) is 10.8 Å². The summed E-state index contributed by atoms with van der Waals surface area (Å²) in [7, 11) is 0. The van der Waals surface area contributed by atoms with Crippen LogP contribution < -0.4 is 15.4 Å². The Morgan fingerprint density at radius 2 is 1.96 bits per heavy atom. The van der Waals surface area contributed by atoms with Gasteiger partial charge in [-0.05, 0) is 49.4 Å². The molecule has 3 aromatic rings. The number of anilines is 2. The standard InChI is InChI=1S/C21H17N3O3S/c1-13-19(25)24-17-12-14(9-10-18(17)27-13)23-20(26)16-8-5-11-22-21(16)28-15-6-3-2-4-7-15/h2-13H,1H3,(H,23,26)(H,24,25)/t13-/m1/s1. The third kappa shape index (κ3) is 3.84. The van der Waals surface area contributed by atoms with Crippen LogP contribution in [-0.2, 0) is 4.79 Å². The first-order valence-electron chi connectivity index (χ1n) is 8.71. The molecule has 28 heavy (non-hydrogen) atoms. The third-order valence-electron chi connectivity index (χ3n) is 4.14. The Balaban J connectivity index is 1.55. The van der Waals surface area contributed by atoms with Gasteiger partial charge in [-0.2, -0.15) is 0 Å². The van der Waals surface area contributed by atoms with Crippen LogP contribution in [0.2, 0.25) is 0 Å². The largest absolute Gasteiger partial charge is 0.479 e. The van der Waals surface area contributed by atoms with Crippen LogP contribution in [0.5, 0.6) is 5.75 Å². The molecule has 1 aliphatic rings. The van der Waals surface area contributed by atoms with Crippen molar-refractivity contribution in [2.45, 2.75) is 22.9 Å². The summed E-state index contributed by atoms with van der Waals surface area (Å²) in [6.07, 6.45) is 1.12. The highest BCUT2D eigenvalue weighted by Gasteiger charge is 2.24. The first-order valence-corrected chi connectivity index (χ1v) is 9.52. The Bertz CT molecular complexity index is 1040. The highest BCUT2D eigenvalue weighted by Crippen LogP contribution is 2.33. The summed E-state index contributed by atoms with van der Waals surface area (Å²) in [6, 6.07) is 18.4. The summed E-state index contributed by atoms with van der Waals surface area (Å²) in [6.45, 7) is 1.68. The molecular weight excluding hydrogens is 374 g/mol. The fourth-order valence-electron chi connectivity index (χ4n) is 2.73. The molecule has 0 bridgehead atoms. The van der Waals surface area contributed by atoms with Crippen molar-refractivity contribution in [3.8, 4) is 5.75 Å². The molecule has 0 saturated heterocycles. The second-order valence-corrected chi connectivity index (χ2v) is 7.25. The van der Waals surface area contributed by atoms with Crippen molar-refractivity contribution < 1.29 is 14.3 Å². The van der Waals surface area contributed by atoms with E-state index in [9.17, 15) is 9.59 Å². The van der Waals surface area contributed by atoms with E-state index < -0.39 is 6.10 Å². The van der Waals surface area contributed by atoms with Gasteiger partial charge in [-0.25, -0.2) is 4.98 Å². The Morgan fingerprint density at radius 3 is 2.79 bits per heavy atom. The predicted octanol–water partition coefficient (Wildman–Crippen LogP) is 4.20. The highest BCUT2D eigenvalue weighted by atomic mass is 32.2. The summed E-state index contributed by atoms with van der Waals surface area (Å²) in [5.41, 5.74) is 1.57. The number of rotatable bonds is 4. The minimum Gasteiger partial charge on any atom is -0.479 e. The molecule has 7 heteroatoms. The van der Waals surface area contributed by atoms with E-state index in [1.165, 1.54) is 11.8 Å². The number of hydrogen-bond acceptors (Lipinski definition) is 5. The third-order valence-corrected chi connectivity index (χ3v) is 5.17. The molecule has 0 radical (unpaired) electrons. The Hall–Kier alpha value is -3.32. The van der Waals surface area contributed by atoms with Crippen LogP contribution in [0.4, 0.5) is 11.4 Å². The number of ether oxygens (including phenoxy) is 1. The number of hydrogen-bond donors (Lipinski definition) is 2. The summed E-state index contributed by atoms with van der Waals surface area (Å²) in [4.78, 5) is 30.0. The second-order valence-electron chi connectivity index (χ2n) is 6.19. The summed E-state index contributed by atoms with van der Waals surface area (Å²) < 4.78 is 5.54. The van der Waals surface area contributed by atoms with Gasteiger partial charge in [-0.1, -0.05) is 30.0 Å².